The van der Waals surface area contributed by atoms with E-state index < -0.39 is 54.1 Å². The summed E-state index contributed by atoms with van der Waals surface area (Å²) in [6.07, 6.45) is -1.82. The monoisotopic (exact) mass is 520 g/mol. The van der Waals surface area contributed by atoms with Crippen LogP contribution < -0.4 is 5.73 Å². The van der Waals surface area contributed by atoms with Gasteiger partial charge in [0.15, 0.2) is 6.23 Å². The van der Waals surface area contributed by atoms with Crippen molar-refractivity contribution in [2.75, 3.05) is 12.3 Å². The topological polar surface area (TPSA) is 266 Å². The van der Waals surface area contributed by atoms with Crippen LogP contribution in [0.25, 0.3) is 11.0 Å². The molecule has 1 aliphatic rings. The number of aliphatic hydroxyl groups is 2. The van der Waals surface area contributed by atoms with Gasteiger partial charge in [0.1, 0.15) is 35.6 Å². The highest BCUT2D eigenvalue weighted by atomic mass is 31.3. The van der Waals surface area contributed by atoms with Gasteiger partial charge in [-0.1, -0.05) is 0 Å². The van der Waals surface area contributed by atoms with Crippen molar-refractivity contribution in [3.8, 4) is 0 Å². The van der Waals surface area contributed by atoms with E-state index in [1.165, 1.54) is 30.1 Å². The van der Waals surface area contributed by atoms with Gasteiger partial charge in [0.25, 0.3) is 0 Å². The molecule has 20 heteroatoms. The van der Waals surface area contributed by atoms with Crippen LogP contribution in [0.15, 0.2) is 18.6 Å². The highest BCUT2D eigenvalue weighted by Gasteiger charge is 2.54. The van der Waals surface area contributed by atoms with E-state index in [0.29, 0.717) is 5.39 Å². The average molecular weight is 520 g/mol. The molecule has 3 rings (SSSR count). The number of phosphoric acid groups is 3. The first kappa shape index (κ1) is 25.3. The molecule has 0 amide bonds. The van der Waals surface area contributed by atoms with Crippen molar-refractivity contribution in [1.29, 1.82) is 0 Å². The fourth-order valence-electron chi connectivity index (χ4n) is 3.03. The van der Waals surface area contributed by atoms with E-state index in [0.717, 1.165) is 0 Å². The Morgan fingerprint density at radius 1 is 1.19 bits per heavy atom. The summed E-state index contributed by atoms with van der Waals surface area (Å²) in [7, 11) is -16.7. The highest BCUT2D eigenvalue weighted by Crippen LogP contribution is 2.66. The second-order valence-corrected chi connectivity index (χ2v) is 11.2. The third-order valence-corrected chi connectivity index (χ3v) is 8.17. The predicted octanol–water partition coefficient (Wildman–Crippen LogP) is -0.634. The smallest absolute Gasteiger partial charge is 0.387 e. The van der Waals surface area contributed by atoms with Crippen LogP contribution in [0.1, 0.15) is 13.2 Å². The zero-order valence-corrected chi connectivity index (χ0v) is 18.7. The number of nitrogen functional groups attached to an aromatic ring is 1. The van der Waals surface area contributed by atoms with Crippen LogP contribution in [0.2, 0.25) is 0 Å². The number of phosphoric ester groups is 1. The van der Waals surface area contributed by atoms with Crippen molar-refractivity contribution in [1.82, 2.24) is 14.5 Å². The molecule has 1 aliphatic heterocycles. The summed E-state index contributed by atoms with van der Waals surface area (Å²) in [6.45, 7) is 0.261. The molecule has 180 valence electrons. The van der Waals surface area contributed by atoms with E-state index in [1.54, 1.807) is 0 Å². The van der Waals surface area contributed by atoms with Crippen LogP contribution in [0.4, 0.5) is 5.82 Å². The molecule has 0 saturated carbocycles. The van der Waals surface area contributed by atoms with Crippen LogP contribution in [0, 0.1) is 0 Å². The first-order valence-electron chi connectivity index (χ1n) is 8.44. The standard InChI is InChI=1S/C12H19N4O13P3/c1-12(18)8(17)7(4-26-31(22,23)29-32(24,25)28-30(19,20)21)27-11(12)16-3-2-6-9(13)14-5-15-10(6)16/h2-3,5,7-8,11,17-18H,4H2,1H3,(H,22,23)(H,24,25)(H2,13,14,15)(H2,19,20,21)/t7-,8-,11?,12-/m1/s1. The lowest BCUT2D eigenvalue weighted by Gasteiger charge is -2.27. The predicted molar refractivity (Wildman–Crippen MR) is 102 cm³/mol. The molecule has 17 nitrogen and oxygen atoms in total. The number of hydrogen-bond acceptors (Lipinski definition) is 12. The van der Waals surface area contributed by atoms with Crippen molar-refractivity contribution >= 4 is 40.3 Å². The van der Waals surface area contributed by atoms with Crippen molar-refractivity contribution in [3.63, 3.8) is 0 Å². The maximum atomic E-state index is 11.9. The van der Waals surface area contributed by atoms with Gasteiger partial charge in [0.2, 0.25) is 0 Å². The Bertz CT molecular complexity index is 1150. The lowest BCUT2D eigenvalue weighted by molar-refractivity contribution is -0.0947. The number of ether oxygens (including phenoxy) is 1. The summed E-state index contributed by atoms with van der Waals surface area (Å²) >= 11 is 0. The van der Waals surface area contributed by atoms with Gasteiger partial charge in [-0.15, -0.1) is 0 Å². The van der Waals surface area contributed by atoms with Crippen molar-refractivity contribution < 1.29 is 61.4 Å². The van der Waals surface area contributed by atoms with E-state index >= 15 is 0 Å². The van der Waals surface area contributed by atoms with Gasteiger partial charge >= 0.3 is 23.5 Å². The van der Waals surface area contributed by atoms with Gasteiger partial charge in [-0.25, -0.2) is 23.7 Å². The Kier molecular flexibility index (Phi) is 6.72. The number of aliphatic hydroxyl groups excluding tert-OH is 1. The second-order valence-electron chi connectivity index (χ2n) is 6.80. The third-order valence-electron chi connectivity index (χ3n) is 4.37. The second kappa shape index (κ2) is 8.49. The normalized spacial score (nSPS) is 30.3. The Balaban J connectivity index is 1.74. The fraction of sp³-hybridized carbons (Fsp3) is 0.500. The molecule has 1 saturated heterocycles. The van der Waals surface area contributed by atoms with Gasteiger partial charge in [-0.2, -0.15) is 8.62 Å². The van der Waals surface area contributed by atoms with Crippen molar-refractivity contribution in [3.05, 3.63) is 18.6 Å². The van der Waals surface area contributed by atoms with E-state index in [1.807, 2.05) is 0 Å². The third kappa shape index (κ3) is 5.43. The van der Waals surface area contributed by atoms with Crippen LogP contribution >= 0.6 is 23.5 Å². The summed E-state index contributed by atoms with van der Waals surface area (Å²) in [5, 5.41) is 21.6. The molecule has 0 aliphatic carbocycles. The minimum atomic E-state index is -5.71. The maximum Gasteiger partial charge on any atom is 0.490 e. The molecule has 6 atom stereocenters. The largest absolute Gasteiger partial charge is 0.490 e. The van der Waals surface area contributed by atoms with Crippen LogP contribution in [-0.2, 0) is 31.6 Å². The van der Waals surface area contributed by atoms with Gasteiger partial charge in [0.05, 0.1) is 12.0 Å². The summed E-state index contributed by atoms with van der Waals surface area (Å²) in [5.41, 5.74) is 4.04. The maximum absolute atomic E-state index is 11.9. The zero-order valence-electron chi connectivity index (χ0n) is 16.0. The molecule has 8 N–H and O–H groups in total. The van der Waals surface area contributed by atoms with Crippen molar-refractivity contribution in [2.24, 2.45) is 0 Å². The molecule has 3 heterocycles. The van der Waals surface area contributed by atoms with Gasteiger partial charge in [-0.3, -0.25) is 4.52 Å². The quantitative estimate of drug-likeness (QED) is 0.213. The van der Waals surface area contributed by atoms with Gasteiger partial charge in [-0.05, 0) is 13.0 Å². The minimum Gasteiger partial charge on any atom is -0.387 e. The number of anilines is 1. The molecule has 2 aromatic heterocycles. The van der Waals surface area contributed by atoms with Crippen LogP contribution in [0.5, 0.6) is 0 Å². The summed E-state index contributed by atoms with van der Waals surface area (Å²) in [6, 6.07) is 1.54. The molecule has 0 aromatic carbocycles. The van der Waals surface area contributed by atoms with Crippen molar-refractivity contribution in [2.45, 2.75) is 31.0 Å². The van der Waals surface area contributed by atoms with Gasteiger partial charge in [0, 0.05) is 6.20 Å². The number of nitrogens with zero attached hydrogens (tertiary/aromatic N) is 3. The molecule has 32 heavy (non-hydrogen) atoms. The molecular weight excluding hydrogens is 501 g/mol. The van der Waals surface area contributed by atoms with E-state index in [4.69, 9.17) is 25.2 Å². The Morgan fingerprint density at radius 3 is 2.47 bits per heavy atom. The van der Waals surface area contributed by atoms with E-state index in [2.05, 4.69) is 23.1 Å². The molecule has 0 radical (unpaired) electrons. The van der Waals surface area contributed by atoms with Crippen LogP contribution in [0.3, 0.4) is 0 Å². The summed E-state index contributed by atoms with van der Waals surface area (Å²) < 4.78 is 52.5. The lowest BCUT2D eigenvalue weighted by Crippen LogP contribution is -2.44. The Morgan fingerprint density at radius 2 is 1.84 bits per heavy atom. The summed E-state index contributed by atoms with van der Waals surface area (Å²) in [5.74, 6) is 0.149. The molecular formula is C12H19N4O13P3. The number of rotatable bonds is 8. The Hall–Kier alpha value is -1.29. The molecule has 2 aromatic rings. The Labute approximate surface area is 178 Å². The number of aromatic nitrogens is 3. The van der Waals surface area contributed by atoms with E-state index in [9.17, 15) is 28.8 Å². The molecule has 3 unspecified atom stereocenters. The first-order valence-corrected chi connectivity index (χ1v) is 13.0. The number of nitrogens with two attached hydrogens (primary N) is 1. The lowest BCUT2D eigenvalue weighted by atomic mass is 9.96. The average Bonchev–Trinajstić information content (AvgIpc) is 3.11. The SMILES string of the molecule is C[C@]1(O)C(n2ccc3c(N)ncnc32)O[C@H](COP(=O)(O)OP(=O)(O)OP(=O)(O)O)[C@H]1O. The van der Waals surface area contributed by atoms with Gasteiger partial charge < -0.3 is 44.8 Å². The molecule has 0 bridgehead atoms. The van der Waals surface area contributed by atoms with E-state index in [-0.39, 0.29) is 11.5 Å². The number of fused-ring (bicyclic) bond motifs is 1. The molecule has 0 spiro atoms. The minimum absolute atomic E-state index is 0.149. The molecule has 1 fully saturated rings. The fourth-order valence-corrected chi connectivity index (χ4v) is 6.06. The zero-order chi connectivity index (χ0) is 24.1. The first-order chi connectivity index (χ1) is 14.5. The summed E-state index contributed by atoms with van der Waals surface area (Å²) in [4.78, 5) is 43.6. The van der Waals surface area contributed by atoms with Crippen LogP contribution in [-0.4, -0.2) is 68.7 Å². The number of hydrogen-bond donors (Lipinski definition) is 7. The highest BCUT2D eigenvalue weighted by molar-refractivity contribution is 7.66.